The van der Waals surface area contributed by atoms with Crippen molar-refractivity contribution in [3.05, 3.63) is 58.6 Å². The van der Waals surface area contributed by atoms with Gasteiger partial charge in [0.05, 0.1) is 20.6 Å². The van der Waals surface area contributed by atoms with Crippen LogP contribution < -0.4 is 9.62 Å². The second-order valence-corrected chi connectivity index (χ2v) is 9.13. The van der Waals surface area contributed by atoms with E-state index in [1.165, 1.54) is 30.3 Å². The zero-order valence-corrected chi connectivity index (χ0v) is 17.5. The molecule has 0 aliphatic carbocycles. The van der Waals surface area contributed by atoms with Gasteiger partial charge in [0.25, 0.3) is 10.0 Å². The molecule has 2 rings (SSSR count). The fraction of sp³-hybridized carbons (Fsp3) is 0.316. The van der Waals surface area contributed by atoms with Crippen molar-refractivity contribution in [2.75, 3.05) is 17.4 Å². The molecule has 0 spiro atoms. The molecule has 8 heteroatoms. The van der Waals surface area contributed by atoms with Gasteiger partial charge < -0.3 is 5.32 Å². The van der Waals surface area contributed by atoms with Gasteiger partial charge in [0.2, 0.25) is 5.91 Å². The third-order valence-electron chi connectivity index (χ3n) is 3.85. The summed E-state index contributed by atoms with van der Waals surface area (Å²) in [5.74, 6) is 0.0470. The first kappa shape index (κ1) is 21.5. The van der Waals surface area contributed by atoms with Gasteiger partial charge in [-0.3, -0.25) is 9.10 Å². The Balaban J connectivity index is 2.34. The van der Waals surface area contributed by atoms with Crippen LogP contribution in [0.15, 0.2) is 53.4 Å². The summed E-state index contributed by atoms with van der Waals surface area (Å²) in [6.45, 7) is 4.23. The molecule has 0 atom stereocenters. The van der Waals surface area contributed by atoms with Gasteiger partial charge in [0.1, 0.15) is 6.54 Å². The van der Waals surface area contributed by atoms with E-state index in [0.29, 0.717) is 17.5 Å². The summed E-state index contributed by atoms with van der Waals surface area (Å²) in [5, 5.41) is 3.27. The molecule has 1 amide bonds. The lowest BCUT2D eigenvalue weighted by atomic mass is 10.1. The summed E-state index contributed by atoms with van der Waals surface area (Å²) in [6.07, 6.45) is 0.809. The van der Waals surface area contributed by atoms with E-state index in [2.05, 4.69) is 5.32 Å². The predicted molar refractivity (Wildman–Crippen MR) is 110 cm³/mol. The molecule has 0 radical (unpaired) electrons. The SMILES string of the molecule is CC(C)CCNC(=O)CN(c1ccc(Cl)c(Cl)c1)S(=O)(=O)c1ccccc1. The number of rotatable bonds is 8. The van der Waals surface area contributed by atoms with Crippen molar-refractivity contribution in [3.8, 4) is 0 Å². The van der Waals surface area contributed by atoms with Gasteiger partial charge in [-0.2, -0.15) is 0 Å². The minimum Gasteiger partial charge on any atom is -0.355 e. The number of hydrogen-bond donors (Lipinski definition) is 1. The molecule has 5 nitrogen and oxygen atoms in total. The van der Waals surface area contributed by atoms with Crippen LogP contribution in [0.4, 0.5) is 5.69 Å². The molecule has 27 heavy (non-hydrogen) atoms. The average Bonchev–Trinajstić information content (AvgIpc) is 2.62. The first-order chi connectivity index (χ1) is 12.7. The smallest absolute Gasteiger partial charge is 0.264 e. The van der Waals surface area contributed by atoms with Gasteiger partial charge in [0.15, 0.2) is 0 Å². The number of anilines is 1. The van der Waals surface area contributed by atoms with Crippen LogP contribution in [-0.4, -0.2) is 27.4 Å². The molecule has 0 saturated heterocycles. The third-order valence-corrected chi connectivity index (χ3v) is 6.38. The van der Waals surface area contributed by atoms with E-state index in [-0.39, 0.29) is 28.1 Å². The van der Waals surface area contributed by atoms with E-state index in [4.69, 9.17) is 23.2 Å². The van der Waals surface area contributed by atoms with Crippen LogP contribution in [0.1, 0.15) is 20.3 Å². The molecule has 2 aromatic carbocycles. The molecule has 0 bridgehead atoms. The highest BCUT2D eigenvalue weighted by Gasteiger charge is 2.27. The van der Waals surface area contributed by atoms with Gasteiger partial charge in [-0.05, 0) is 42.7 Å². The Bertz CT molecular complexity index is 887. The van der Waals surface area contributed by atoms with Crippen molar-refractivity contribution < 1.29 is 13.2 Å². The molecule has 0 saturated carbocycles. The Hall–Kier alpha value is -1.76. The van der Waals surface area contributed by atoms with Crippen LogP contribution in [0.25, 0.3) is 0 Å². The second-order valence-electron chi connectivity index (χ2n) is 6.46. The molecule has 0 heterocycles. The first-order valence-electron chi connectivity index (χ1n) is 8.51. The number of halogens is 2. The van der Waals surface area contributed by atoms with Crippen molar-refractivity contribution in [1.82, 2.24) is 5.32 Å². The summed E-state index contributed by atoms with van der Waals surface area (Å²) in [5.41, 5.74) is 0.271. The van der Waals surface area contributed by atoms with Crippen LogP contribution in [-0.2, 0) is 14.8 Å². The highest BCUT2D eigenvalue weighted by atomic mass is 35.5. The number of hydrogen-bond acceptors (Lipinski definition) is 3. The molecule has 0 aliphatic rings. The highest BCUT2D eigenvalue weighted by molar-refractivity contribution is 7.92. The van der Waals surface area contributed by atoms with Crippen molar-refractivity contribution >= 4 is 44.8 Å². The Labute approximate surface area is 170 Å². The van der Waals surface area contributed by atoms with Crippen LogP contribution in [0, 0.1) is 5.92 Å². The topological polar surface area (TPSA) is 66.5 Å². The summed E-state index contributed by atoms with van der Waals surface area (Å²) in [4.78, 5) is 12.5. The summed E-state index contributed by atoms with van der Waals surface area (Å²) in [6, 6.07) is 12.4. The molecule has 0 fully saturated rings. The standard InChI is InChI=1S/C19H22Cl2N2O3S/c1-14(2)10-11-22-19(24)13-23(15-8-9-17(20)18(21)12-15)27(25,26)16-6-4-3-5-7-16/h3-9,12,14H,10-11,13H2,1-2H3,(H,22,24). The van der Waals surface area contributed by atoms with Crippen LogP contribution in [0.5, 0.6) is 0 Å². The molecule has 0 aliphatic heterocycles. The largest absolute Gasteiger partial charge is 0.355 e. The predicted octanol–water partition coefficient (Wildman–Crippen LogP) is 4.35. The molecule has 0 unspecified atom stereocenters. The third kappa shape index (κ3) is 5.86. The minimum absolute atomic E-state index is 0.0889. The van der Waals surface area contributed by atoms with Gasteiger partial charge in [0, 0.05) is 6.54 Å². The quantitative estimate of drug-likeness (QED) is 0.679. The lowest BCUT2D eigenvalue weighted by Crippen LogP contribution is -2.41. The normalized spacial score (nSPS) is 11.4. The fourth-order valence-corrected chi connectivity index (χ4v) is 4.09. The number of benzene rings is 2. The molecule has 1 N–H and O–H groups in total. The molecular formula is C19H22Cl2N2O3S. The monoisotopic (exact) mass is 428 g/mol. The van der Waals surface area contributed by atoms with Crippen molar-refractivity contribution in [3.63, 3.8) is 0 Å². The number of sulfonamides is 1. The maximum atomic E-state index is 13.1. The van der Waals surface area contributed by atoms with E-state index in [9.17, 15) is 13.2 Å². The number of nitrogens with one attached hydrogen (secondary N) is 1. The summed E-state index contributed by atoms with van der Waals surface area (Å²) in [7, 11) is -3.95. The van der Waals surface area contributed by atoms with Crippen molar-refractivity contribution in [2.24, 2.45) is 5.92 Å². The number of carbonyl (C=O) groups excluding carboxylic acids is 1. The van der Waals surface area contributed by atoms with Crippen LogP contribution in [0.3, 0.4) is 0 Å². The van der Waals surface area contributed by atoms with Crippen molar-refractivity contribution in [2.45, 2.75) is 25.2 Å². The fourth-order valence-electron chi connectivity index (χ4n) is 2.36. The van der Waals surface area contributed by atoms with E-state index in [1.807, 2.05) is 13.8 Å². The Morgan fingerprint density at radius 3 is 2.33 bits per heavy atom. The Morgan fingerprint density at radius 2 is 1.74 bits per heavy atom. The number of nitrogens with zero attached hydrogens (tertiary/aromatic N) is 1. The van der Waals surface area contributed by atoms with Crippen LogP contribution in [0.2, 0.25) is 10.0 Å². The van der Waals surface area contributed by atoms with Gasteiger partial charge >= 0.3 is 0 Å². The summed E-state index contributed by atoms with van der Waals surface area (Å²) >= 11 is 12.0. The molecule has 0 aromatic heterocycles. The van der Waals surface area contributed by atoms with E-state index >= 15 is 0 Å². The summed E-state index contributed by atoms with van der Waals surface area (Å²) < 4.78 is 27.3. The minimum atomic E-state index is -3.95. The van der Waals surface area contributed by atoms with E-state index in [1.54, 1.807) is 18.2 Å². The lowest BCUT2D eigenvalue weighted by Gasteiger charge is -2.24. The van der Waals surface area contributed by atoms with Gasteiger partial charge in [-0.1, -0.05) is 55.2 Å². The van der Waals surface area contributed by atoms with Crippen molar-refractivity contribution in [1.29, 1.82) is 0 Å². The molecule has 2 aromatic rings. The zero-order chi connectivity index (χ0) is 20.0. The number of amides is 1. The lowest BCUT2D eigenvalue weighted by molar-refractivity contribution is -0.119. The molecular weight excluding hydrogens is 407 g/mol. The Morgan fingerprint density at radius 1 is 1.07 bits per heavy atom. The van der Waals surface area contributed by atoms with Crippen LogP contribution >= 0.6 is 23.2 Å². The maximum absolute atomic E-state index is 13.1. The van der Waals surface area contributed by atoms with E-state index < -0.39 is 10.0 Å². The maximum Gasteiger partial charge on any atom is 0.264 e. The first-order valence-corrected chi connectivity index (χ1v) is 10.7. The zero-order valence-electron chi connectivity index (χ0n) is 15.2. The van der Waals surface area contributed by atoms with Gasteiger partial charge in [-0.15, -0.1) is 0 Å². The number of carbonyl (C=O) groups is 1. The van der Waals surface area contributed by atoms with E-state index in [0.717, 1.165) is 10.7 Å². The highest BCUT2D eigenvalue weighted by Crippen LogP contribution is 2.30. The van der Waals surface area contributed by atoms with Gasteiger partial charge in [-0.25, -0.2) is 8.42 Å². The molecule has 146 valence electrons. The Kier molecular flexibility index (Phi) is 7.53. The second kappa shape index (κ2) is 9.44. The average molecular weight is 429 g/mol.